The van der Waals surface area contributed by atoms with Gasteiger partial charge in [0.1, 0.15) is 10.3 Å². The predicted octanol–water partition coefficient (Wildman–Crippen LogP) is 4.42. The fraction of sp³-hybridized carbons (Fsp3) is 0.143. The molecule has 3 nitrogen and oxygen atoms in total. The molecule has 0 aliphatic heterocycles. The van der Waals surface area contributed by atoms with Crippen molar-refractivity contribution in [1.29, 1.82) is 0 Å². The van der Waals surface area contributed by atoms with Crippen molar-refractivity contribution in [2.75, 3.05) is 5.32 Å². The highest BCUT2D eigenvalue weighted by atomic mass is 79.9. The van der Waals surface area contributed by atoms with Crippen molar-refractivity contribution in [3.63, 3.8) is 0 Å². The van der Waals surface area contributed by atoms with Crippen LogP contribution in [0.1, 0.15) is 21.6 Å². The molecule has 110 valence electrons. The number of hydrogen-bond acceptors (Lipinski definition) is 2. The molecule has 1 amide bonds. The third-order valence-electron chi connectivity index (χ3n) is 2.75. The lowest BCUT2D eigenvalue weighted by atomic mass is 10.1. The van der Waals surface area contributed by atoms with Crippen LogP contribution < -0.4 is 5.32 Å². The molecular weight excluding hydrogens is 349 g/mol. The average Bonchev–Trinajstić information content (AvgIpc) is 2.39. The molecule has 0 atom stereocenters. The molecule has 0 spiro atoms. The van der Waals surface area contributed by atoms with Crippen LogP contribution in [0.3, 0.4) is 0 Å². The van der Waals surface area contributed by atoms with Gasteiger partial charge in [-0.25, -0.2) is 4.98 Å². The zero-order valence-corrected chi connectivity index (χ0v) is 12.4. The van der Waals surface area contributed by atoms with Crippen LogP contribution in [0.4, 0.5) is 18.9 Å². The van der Waals surface area contributed by atoms with Gasteiger partial charge in [0, 0.05) is 5.69 Å². The molecule has 2 aromatic rings. The molecule has 0 saturated heterocycles. The van der Waals surface area contributed by atoms with Crippen LogP contribution in [0.5, 0.6) is 0 Å². The van der Waals surface area contributed by atoms with Crippen LogP contribution in [0.25, 0.3) is 0 Å². The van der Waals surface area contributed by atoms with Gasteiger partial charge >= 0.3 is 6.18 Å². The highest BCUT2D eigenvalue weighted by Gasteiger charge is 2.32. The van der Waals surface area contributed by atoms with Crippen LogP contribution in [0, 0.1) is 6.92 Å². The Morgan fingerprint density at radius 2 is 1.95 bits per heavy atom. The first-order valence-corrected chi connectivity index (χ1v) is 6.68. The summed E-state index contributed by atoms with van der Waals surface area (Å²) in [6.07, 6.45) is -4.46. The van der Waals surface area contributed by atoms with E-state index in [0.717, 1.165) is 6.07 Å². The zero-order valence-electron chi connectivity index (χ0n) is 10.8. The Morgan fingerprint density at radius 3 is 2.57 bits per heavy atom. The molecule has 0 saturated carbocycles. The third kappa shape index (κ3) is 3.81. The lowest BCUT2D eigenvalue weighted by Crippen LogP contribution is -2.15. The fourth-order valence-corrected chi connectivity index (χ4v) is 2.08. The topological polar surface area (TPSA) is 42.0 Å². The summed E-state index contributed by atoms with van der Waals surface area (Å²) in [6.45, 7) is 1.37. The third-order valence-corrected chi connectivity index (χ3v) is 3.19. The van der Waals surface area contributed by atoms with E-state index < -0.39 is 17.6 Å². The van der Waals surface area contributed by atoms with E-state index in [4.69, 9.17) is 0 Å². The van der Waals surface area contributed by atoms with E-state index in [2.05, 4.69) is 26.2 Å². The molecule has 1 N–H and O–H groups in total. The highest BCUT2D eigenvalue weighted by Crippen LogP contribution is 2.33. The fourth-order valence-electron chi connectivity index (χ4n) is 1.74. The molecule has 1 aromatic heterocycles. The van der Waals surface area contributed by atoms with Crippen LogP contribution in [0.2, 0.25) is 0 Å². The number of pyridine rings is 1. The van der Waals surface area contributed by atoms with Crippen LogP contribution in [-0.4, -0.2) is 10.9 Å². The molecule has 0 aliphatic rings. The second-order valence-corrected chi connectivity index (χ2v) is 5.14. The number of carbonyl (C=O) groups excluding carboxylic acids is 1. The summed E-state index contributed by atoms with van der Waals surface area (Å²) in [6, 6.07) is 8.37. The summed E-state index contributed by atoms with van der Waals surface area (Å²) < 4.78 is 38.9. The monoisotopic (exact) mass is 358 g/mol. The van der Waals surface area contributed by atoms with E-state index in [9.17, 15) is 18.0 Å². The molecule has 7 heteroatoms. The quantitative estimate of drug-likeness (QED) is 0.807. The largest absolute Gasteiger partial charge is 0.416 e. The number of rotatable bonds is 2. The van der Waals surface area contributed by atoms with Gasteiger partial charge in [0.05, 0.1) is 5.56 Å². The van der Waals surface area contributed by atoms with E-state index in [1.807, 2.05) is 0 Å². The number of benzene rings is 1. The van der Waals surface area contributed by atoms with Crippen LogP contribution in [-0.2, 0) is 6.18 Å². The normalized spacial score (nSPS) is 11.3. The van der Waals surface area contributed by atoms with Gasteiger partial charge in [0.25, 0.3) is 5.91 Å². The Hall–Kier alpha value is -1.89. The molecule has 0 fully saturated rings. The Balaban J connectivity index is 2.26. The minimum atomic E-state index is -4.46. The van der Waals surface area contributed by atoms with E-state index in [0.29, 0.717) is 4.60 Å². The van der Waals surface area contributed by atoms with E-state index in [1.165, 1.54) is 25.1 Å². The van der Waals surface area contributed by atoms with Crippen molar-refractivity contribution in [3.8, 4) is 0 Å². The number of nitrogens with one attached hydrogen (secondary N) is 1. The SMILES string of the molecule is Cc1ccc(NC(=O)c2cccc(Br)n2)cc1C(F)(F)F. The molecule has 1 heterocycles. The number of hydrogen-bond donors (Lipinski definition) is 1. The second kappa shape index (κ2) is 5.85. The smallest absolute Gasteiger partial charge is 0.321 e. The molecule has 0 unspecified atom stereocenters. The Kier molecular flexibility index (Phi) is 4.32. The number of amides is 1. The van der Waals surface area contributed by atoms with Crippen molar-refractivity contribution in [1.82, 2.24) is 4.98 Å². The minimum absolute atomic E-state index is 0.0692. The molecule has 2 rings (SSSR count). The number of carbonyl (C=O) groups is 1. The standard InChI is InChI=1S/C14H10BrF3N2O/c1-8-5-6-9(7-10(8)14(16,17)18)19-13(21)11-3-2-4-12(15)20-11/h2-7H,1H3,(H,19,21). The van der Waals surface area contributed by atoms with Crippen molar-refractivity contribution >= 4 is 27.5 Å². The molecule has 0 bridgehead atoms. The zero-order chi connectivity index (χ0) is 15.6. The first kappa shape index (κ1) is 15.5. The number of halogens is 4. The van der Waals surface area contributed by atoms with Gasteiger partial charge in [0.2, 0.25) is 0 Å². The summed E-state index contributed by atoms with van der Waals surface area (Å²) in [5.74, 6) is -0.576. The maximum Gasteiger partial charge on any atom is 0.416 e. The minimum Gasteiger partial charge on any atom is -0.321 e. The van der Waals surface area contributed by atoms with Crippen molar-refractivity contribution < 1.29 is 18.0 Å². The summed E-state index contributed by atoms with van der Waals surface area (Å²) in [7, 11) is 0. The summed E-state index contributed by atoms with van der Waals surface area (Å²) in [4.78, 5) is 15.9. The maximum absolute atomic E-state index is 12.8. The number of anilines is 1. The van der Waals surface area contributed by atoms with Gasteiger partial charge < -0.3 is 5.32 Å². The lowest BCUT2D eigenvalue weighted by Gasteiger charge is -2.12. The number of aromatic nitrogens is 1. The van der Waals surface area contributed by atoms with Gasteiger partial charge in [-0.05, 0) is 52.7 Å². The van der Waals surface area contributed by atoms with Crippen molar-refractivity contribution in [3.05, 3.63) is 57.8 Å². The van der Waals surface area contributed by atoms with Gasteiger partial charge in [-0.1, -0.05) is 12.1 Å². The number of aryl methyl sites for hydroxylation is 1. The Bertz CT molecular complexity index is 686. The number of nitrogens with zero attached hydrogens (tertiary/aromatic N) is 1. The predicted molar refractivity (Wildman–Crippen MR) is 76.1 cm³/mol. The molecule has 0 radical (unpaired) electrons. The van der Waals surface area contributed by atoms with E-state index in [1.54, 1.807) is 12.1 Å². The molecule has 21 heavy (non-hydrogen) atoms. The van der Waals surface area contributed by atoms with Crippen molar-refractivity contribution in [2.24, 2.45) is 0 Å². The second-order valence-electron chi connectivity index (χ2n) is 4.33. The summed E-state index contributed by atoms with van der Waals surface area (Å²) in [5.41, 5.74) is -0.498. The highest BCUT2D eigenvalue weighted by molar-refractivity contribution is 9.10. The Labute approximate surface area is 127 Å². The Morgan fingerprint density at radius 1 is 1.24 bits per heavy atom. The van der Waals surface area contributed by atoms with E-state index >= 15 is 0 Å². The lowest BCUT2D eigenvalue weighted by molar-refractivity contribution is -0.138. The molecule has 1 aromatic carbocycles. The summed E-state index contributed by atoms with van der Waals surface area (Å²) in [5, 5.41) is 2.40. The van der Waals surface area contributed by atoms with Gasteiger partial charge in [-0.15, -0.1) is 0 Å². The summed E-state index contributed by atoms with van der Waals surface area (Å²) >= 11 is 3.12. The van der Waals surface area contributed by atoms with Crippen LogP contribution in [0.15, 0.2) is 41.0 Å². The average molecular weight is 359 g/mol. The van der Waals surface area contributed by atoms with Gasteiger partial charge in [0.15, 0.2) is 0 Å². The number of alkyl halides is 3. The van der Waals surface area contributed by atoms with E-state index in [-0.39, 0.29) is 16.9 Å². The van der Waals surface area contributed by atoms with Crippen molar-refractivity contribution in [2.45, 2.75) is 13.1 Å². The maximum atomic E-state index is 12.8. The molecule has 0 aliphatic carbocycles. The van der Waals surface area contributed by atoms with Gasteiger partial charge in [-0.2, -0.15) is 13.2 Å². The van der Waals surface area contributed by atoms with Gasteiger partial charge in [-0.3, -0.25) is 4.79 Å². The van der Waals surface area contributed by atoms with Crippen LogP contribution >= 0.6 is 15.9 Å². The first-order chi connectivity index (χ1) is 9.77. The first-order valence-electron chi connectivity index (χ1n) is 5.89. The molecular formula is C14H10BrF3N2O.